The second-order valence-corrected chi connectivity index (χ2v) is 2.84. The van der Waals surface area contributed by atoms with Crippen LogP contribution in [-0.4, -0.2) is 17.3 Å². The van der Waals surface area contributed by atoms with Crippen molar-refractivity contribution in [1.82, 2.24) is 0 Å². The minimum atomic E-state index is -0.206. The molecule has 0 unspecified atom stereocenters. The van der Waals surface area contributed by atoms with Gasteiger partial charge in [0, 0.05) is 5.56 Å². The maximum absolute atomic E-state index is 9.68. The summed E-state index contributed by atoms with van der Waals surface area (Å²) in [5.74, 6) is 0.382. The second-order valence-electron chi connectivity index (χ2n) is 2.84. The van der Waals surface area contributed by atoms with Crippen LogP contribution < -0.4 is 4.74 Å². The Morgan fingerprint density at radius 3 is 2.64 bits per heavy atom. The number of hydrogen-bond acceptors (Lipinski definition) is 3. The molecule has 0 aromatic heterocycles. The third kappa shape index (κ3) is 1.88. The Hall–Kier alpha value is -1.48. The summed E-state index contributed by atoms with van der Waals surface area (Å²) in [6.07, 6.45) is 3.67. The molecule has 0 fully saturated rings. The minimum Gasteiger partial charge on any atom is -0.504 e. The summed E-state index contributed by atoms with van der Waals surface area (Å²) < 4.78 is 4.94. The summed E-state index contributed by atoms with van der Waals surface area (Å²) >= 11 is 0. The van der Waals surface area contributed by atoms with Crippen molar-refractivity contribution < 1.29 is 14.9 Å². The van der Waals surface area contributed by atoms with Gasteiger partial charge in [-0.1, -0.05) is 18.2 Å². The summed E-state index contributed by atoms with van der Waals surface area (Å²) in [5, 5.41) is 18.8. The van der Waals surface area contributed by atoms with Gasteiger partial charge in [0.1, 0.15) is 0 Å². The molecule has 0 radical (unpaired) electrons. The first-order chi connectivity index (χ1) is 6.74. The molecule has 3 heteroatoms. The smallest absolute Gasteiger partial charge is 0.163 e. The van der Waals surface area contributed by atoms with Crippen LogP contribution in [0.1, 0.15) is 18.1 Å². The van der Waals surface area contributed by atoms with E-state index in [1.54, 1.807) is 12.1 Å². The van der Waals surface area contributed by atoms with Crippen molar-refractivity contribution in [2.75, 3.05) is 7.11 Å². The Morgan fingerprint density at radius 1 is 1.43 bits per heavy atom. The SMILES string of the molecule is C/C=C/c1ccc(OC)c(O)c1CO. The summed E-state index contributed by atoms with van der Waals surface area (Å²) in [6, 6.07) is 3.47. The molecule has 1 rings (SSSR count). The average molecular weight is 194 g/mol. The molecule has 0 amide bonds. The molecule has 0 spiro atoms. The molecule has 0 saturated carbocycles. The van der Waals surface area contributed by atoms with Gasteiger partial charge in [-0.15, -0.1) is 0 Å². The molecule has 0 saturated heterocycles. The van der Waals surface area contributed by atoms with Gasteiger partial charge in [-0.3, -0.25) is 0 Å². The highest BCUT2D eigenvalue weighted by molar-refractivity contribution is 5.61. The Bertz CT molecular complexity index is 343. The largest absolute Gasteiger partial charge is 0.504 e. The van der Waals surface area contributed by atoms with E-state index >= 15 is 0 Å². The van der Waals surface area contributed by atoms with E-state index in [1.165, 1.54) is 7.11 Å². The van der Waals surface area contributed by atoms with E-state index in [0.717, 1.165) is 5.56 Å². The third-order valence-corrected chi connectivity index (χ3v) is 2.01. The van der Waals surface area contributed by atoms with E-state index in [1.807, 2.05) is 19.1 Å². The van der Waals surface area contributed by atoms with E-state index in [9.17, 15) is 5.11 Å². The zero-order valence-electron chi connectivity index (χ0n) is 8.32. The number of phenols is 1. The number of rotatable bonds is 3. The molecule has 76 valence electrons. The molecular weight excluding hydrogens is 180 g/mol. The maximum Gasteiger partial charge on any atom is 0.163 e. The normalized spacial score (nSPS) is 10.8. The molecule has 2 N–H and O–H groups in total. The Morgan fingerprint density at radius 2 is 2.14 bits per heavy atom. The van der Waals surface area contributed by atoms with Crippen LogP contribution in [0.2, 0.25) is 0 Å². The summed E-state index contributed by atoms with van der Waals surface area (Å²) in [7, 11) is 1.48. The number of benzene rings is 1. The first-order valence-corrected chi connectivity index (χ1v) is 4.37. The molecular formula is C11H14O3. The van der Waals surface area contributed by atoms with Crippen molar-refractivity contribution >= 4 is 6.08 Å². The predicted molar refractivity (Wildman–Crippen MR) is 55.3 cm³/mol. The number of aliphatic hydroxyl groups is 1. The fourth-order valence-corrected chi connectivity index (χ4v) is 1.30. The molecule has 0 heterocycles. The van der Waals surface area contributed by atoms with E-state index in [2.05, 4.69) is 0 Å². The zero-order chi connectivity index (χ0) is 10.6. The molecule has 0 bridgehead atoms. The van der Waals surface area contributed by atoms with Crippen LogP contribution in [0, 0.1) is 0 Å². The monoisotopic (exact) mass is 194 g/mol. The highest BCUT2D eigenvalue weighted by Gasteiger charge is 2.10. The lowest BCUT2D eigenvalue weighted by Crippen LogP contribution is -1.93. The van der Waals surface area contributed by atoms with Gasteiger partial charge < -0.3 is 14.9 Å². The zero-order valence-corrected chi connectivity index (χ0v) is 8.32. The van der Waals surface area contributed by atoms with Crippen molar-refractivity contribution in [1.29, 1.82) is 0 Å². The molecule has 0 aliphatic heterocycles. The minimum absolute atomic E-state index is 0.00519. The van der Waals surface area contributed by atoms with E-state index < -0.39 is 0 Å². The van der Waals surface area contributed by atoms with Crippen LogP contribution in [0.3, 0.4) is 0 Å². The summed E-state index contributed by atoms with van der Waals surface area (Å²) in [4.78, 5) is 0. The van der Waals surface area contributed by atoms with Gasteiger partial charge >= 0.3 is 0 Å². The quantitative estimate of drug-likeness (QED) is 0.773. The lowest BCUT2D eigenvalue weighted by Gasteiger charge is -2.09. The van der Waals surface area contributed by atoms with Crippen LogP contribution >= 0.6 is 0 Å². The van der Waals surface area contributed by atoms with Crippen molar-refractivity contribution in [2.45, 2.75) is 13.5 Å². The number of aromatic hydroxyl groups is 1. The molecule has 3 nitrogen and oxygen atoms in total. The van der Waals surface area contributed by atoms with Crippen LogP contribution in [0.15, 0.2) is 18.2 Å². The number of methoxy groups -OCH3 is 1. The molecule has 1 aromatic rings. The van der Waals surface area contributed by atoms with Gasteiger partial charge in [0.2, 0.25) is 0 Å². The fourth-order valence-electron chi connectivity index (χ4n) is 1.30. The van der Waals surface area contributed by atoms with Gasteiger partial charge in [0.15, 0.2) is 11.5 Å². The third-order valence-electron chi connectivity index (χ3n) is 2.01. The average Bonchev–Trinajstić information content (AvgIpc) is 2.19. The maximum atomic E-state index is 9.68. The van der Waals surface area contributed by atoms with Gasteiger partial charge in [0.25, 0.3) is 0 Å². The summed E-state index contributed by atoms with van der Waals surface area (Å²) in [6.45, 7) is 1.67. The van der Waals surface area contributed by atoms with E-state index in [-0.39, 0.29) is 12.4 Å². The molecule has 0 aliphatic rings. The fraction of sp³-hybridized carbons (Fsp3) is 0.273. The Balaban J connectivity index is 3.28. The molecule has 0 atom stereocenters. The van der Waals surface area contributed by atoms with Gasteiger partial charge in [-0.2, -0.15) is 0 Å². The van der Waals surface area contributed by atoms with Crippen molar-refractivity contribution in [2.24, 2.45) is 0 Å². The van der Waals surface area contributed by atoms with Crippen molar-refractivity contribution in [3.63, 3.8) is 0 Å². The van der Waals surface area contributed by atoms with E-state index in [4.69, 9.17) is 9.84 Å². The predicted octanol–water partition coefficient (Wildman–Crippen LogP) is 1.93. The first kappa shape index (κ1) is 10.6. The Kier molecular flexibility index (Phi) is 3.54. The number of allylic oxidation sites excluding steroid dienone is 1. The van der Waals surface area contributed by atoms with Crippen molar-refractivity contribution in [3.05, 3.63) is 29.3 Å². The van der Waals surface area contributed by atoms with Crippen molar-refractivity contribution in [3.8, 4) is 11.5 Å². The lowest BCUT2D eigenvalue weighted by atomic mass is 10.1. The van der Waals surface area contributed by atoms with Crippen LogP contribution in [0.25, 0.3) is 6.08 Å². The van der Waals surface area contributed by atoms with Gasteiger partial charge in [0.05, 0.1) is 13.7 Å². The molecule has 14 heavy (non-hydrogen) atoms. The topological polar surface area (TPSA) is 49.7 Å². The summed E-state index contributed by atoms with van der Waals surface area (Å²) in [5.41, 5.74) is 1.29. The van der Waals surface area contributed by atoms with Crippen LogP contribution in [0.4, 0.5) is 0 Å². The van der Waals surface area contributed by atoms with Crippen LogP contribution in [-0.2, 0) is 6.61 Å². The Labute approximate surface area is 83.3 Å². The first-order valence-electron chi connectivity index (χ1n) is 4.37. The molecule has 1 aromatic carbocycles. The highest BCUT2D eigenvalue weighted by atomic mass is 16.5. The van der Waals surface area contributed by atoms with E-state index in [0.29, 0.717) is 11.3 Å². The number of aliphatic hydroxyl groups excluding tert-OH is 1. The lowest BCUT2D eigenvalue weighted by molar-refractivity contribution is 0.272. The number of ether oxygens (including phenoxy) is 1. The van der Waals surface area contributed by atoms with Crippen LogP contribution in [0.5, 0.6) is 11.5 Å². The standard InChI is InChI=1S/C11H14O3/c1-3-4-8-5-6-10(14-2)11(13)9(8)7-12/h3-6,12-13H,7H2,1-2H3/b4-3+. The van der Waals surface area contributed by atoms with Gasteiger partial charge in [-0.25, -0.2) is 0 Å². The highest BCUT2D eigenvalue weighted by Crippen LogP contribution is 2.32. The van der Waals surface area contributed by atoms with Gasteiger partial charge in [-0.05, 0) is 18.6 Å². The number of hydrogen-bond donors (Lipinski definition) is 2. The second kappa shape index (κ2) is 4.67. The molecule has 0 aliphatic carbocycles.